The molecule has 0 saturated carbocycles. The lowest BCUT2D eigenvalue weighted by molar-refractivity contribution is 0.0606. The highest BCUT2D eigenvalue weighted by Crippen LogP contribution is 2.37. The van der Waals surface area contributed by atoms with Crippen molar-refractivity contribution in [3.05, 3.63) is 119 Å². The Morgan fingerprint density at radius 3 is 1.91 bits per heavy atom. The van der Waals surface area contributed by atoms with Crippen LogP contribution in [-0.4, -0.2) is 26.7 Å². The maximum atomic E-state index is 13.2. The Bertz CT molecular complexity index is 1270. The first-order chi connectivity index (χ1) is 15.6. The molecule has 1 aliphatic rings. The van der Waals surface area contributed by atoms with Gasteiger partial charge in [-0.15, -0.1) is 0 Å². The van der Waals surface area contributed by atoms with Crippen LogP contribution in [0.4, 0.5) is 0 Å². The van der Waals surface area contributed by atoms with Crippen LogP contribution in [0, 0.1) is 0 Å². The van der Waals surface area contributed by atoms with Crippen LogP contribution in [0.5, 0.6) is 11.5 Å². The fraction of sp³-hybridized carbons (Fsp3) is 0.0400. The molecule has 2 amide bonds. The van der Waals surface area contributed by atoms with E-state index in [1.807, 2.05) is 30.3 Å². The summed E-state index contributed by atoms with van der Waals surface area (Å²) in [6, 6.07) is 22.4. The predicted octanol–water partition coefficient (Wildman–Crippen LogP) is 5.31. The fourth-order valence-corrected chi connectivity index (χ4v) is 3.94. The molecule has 32 heavy (non-hydrogen) atoms. The molecule has 0 fully saturated rings. The van der Waals surface area contributed by atoms with Crippen molar-refractivity contribution < 1.29 is 14.3 Å². The van der Waals surface area contributed by atoms with Gasteiger partial charge in [0.2, 0.25) is 0 Å². The molecule has 0 saturated heterocycles. The molecule has 0 N–H and O–H groups in total. The number of halogens is 1. The second kappa shape index (κ2) is 8.24. The molecule has 7 heteroatoms. The molecule has 0 bridgehead atoms. The number of hydrogen-bond donors (Lipinski definition) is 0. The number of aromatic nitrogens is 2. The maximum absolute atomic E-state index is 13.2. The molecule has 4 aromatic rings. The highest BCUT2D eigenvalue weighted by molar-refractivity contribution is 6.30. The fourth-order valence-electron chi connectivity index (χ4n) is 3.73. The lowest BCUT2D eigenvalue weighted by atomic mass is 10.0. The topological polar surface area (TPSA) is 72.4 Å². The number of imide groups is 1. The van der Waals surface area contributed by atoms with Crippen molar-refractivity contribution in [3.63, 3.8) is 0 Å². The molecule has 2 heterocycles. The lowest BCUT2D eigenvalue weighted by Gasteiger charge is -2.26. The van der Waals surface area contributed by atoms with Crippen molar-refractivity contribution in [2.45, 2.75) is 6.04 Å². The molecule has 3 aromatic carbocycles. The molecule has 0 radical (unpaired) electrons. The van der Waals surface area contributed by atoms with Crippen molar-refractivity contribution in [2.75, 3.05) is 0 Å². The summed E-state index contributed by atoms with van der Waals surface area (Å²) in [6.07, 6.45) is 2.95. The van der Waals surface area contributed by atoms with E-state index in [0.29, 0.717) is 33.9 Å². The second-order valence-electron chi connectivity index (χ2n) is 7.14. The summed E-state index contributed by atoms with van der Waals surface area (Å²) < 4.78 is 5.86. The van der Waals surface area contributed by atoms with Gasteiger partial charge in [0, 0.05) is 12.4 Å². The maximum Gasteiger partial charge on any atom is 0.262 e. The predicted molar refractivity (Wildman–Crippen MR) is 119 cm³/mol. The first kappa shape index (κ1) is 19.9. The molecule has 1 unspecified atom stereocenters. The van der Waals surface area contributed by atoms with E-state index < -0.39 is 17.9 Å². The van der Waals surface area contributed by atoms with E-state index in [0.717, 1.165) is 0 Å². The van der Waals surface area contributed by atoms with Gasteiger partial charge in [-0.2, -0.15) is 0 Å². The highest BCUT2D eigenvalue weighted by atomic mass is 35.5. The average molecular weight is 442 g/mol. The van der Waals surface area contributed by atoms with Gasteiger partial charge in [0.1, 0.15) is 23.2 Å². The largest absolute Gasteiger partial charge is 0.457 e. The molecule has 1 aromatic heterocycles. The van der Waals surface area contributed by atoms with Gasteiger partial charge in [-0.05, 0) is 42.0 Å². The minimum Gasteiger partial charge on any atom is -0.457 e. The zero-order valence-corrected chi connectivity index (χ0v) is 17.4. The molecule has 0 spiro atoms. The van der Waals surface area contributed by atoms with E-state index >= 15 is 0 Å². The molecule has 1 aliphatic heterocycles. The van der Waals surface area contributed by atoms with E-state index in [1.165, 1.54) is 17.3 Å². The van der Waals surface area contributed by atoms with Crippen LogP contribution < -0.4 is 4.74 Å². The summed E-state index contributed by atoms with van der Waals surface area (Å²) in [7, 11) is 0. The summed E-state index contributed by atoms with van der Waals surface area (Å²) in [5, 5.41) is 0.124. The molecular formula is C25H16ClN3O3. The minimum absolute atomic E-state index is 0.124. The smallest absolute Gasteiger partial charge is 0.262 e. The zero-order chi connectivity index (χ0) is 22.1. The van der Waals surface area contributed by atoms with Crippen LogP contribution in [0.15, 0.2) is 91.3 Å². The monoisotopic (exact) mass is 441 g/mol. The van der Waals surface area contributed by atoms with Crippen molar-refractivity contribution in [2.24, 2.45) is 0 Å². The highest BCUT2D eigenvalue weighted by Gasteiger charge is 2.42. The van der Waals surface area contributed by atoms with Crippen molar-refractivity contribution >= 4 is 23.4 Å². The molecule has 6 nitrogen and oxygen atoms in total. The first-order valence-electron chi connectivity index (χ1n) is 9.89. The molecule has 5 rings (SSSR count). The van der Waals surface area contributed by atoms with Crippen LogP contribution in [0.1, 0.15) is 38.0 Å². The van der Waals surface area contributed by atoms with E-state index in [1.54, 1.807) is 48.5 Å². The SMILES string of the molecule is O=C1c2ccccc2C(=O)N1C(c1ccc(Oc2ccccc2)cc1)c1nccnc1Cl. The standard InChI is InChI=1S/C25H16ClN3O3/c26-23-21(27-14-15-28-23)22(29-24(30)19-8-4-5-9-20(19)25(29)31)16-10-12-18(13-11-16)32-17-6-2-1-3-7-17/h1-15,22H. The number of hydrogen-bond acceptors (Lipinski definition) is 5. The van der Waals surface area contributed by atoms with Crippen LogP contribution >= 0.6 is 11.6 Å². The Morgan fingerprint density at radius 1 is 0.719 bits per heavy atom. The van der Waals surface area contributed by atoms with Crippen molar-refractivity contribution in [1.82, 2.24) is 14.9 Å². The van der Waals surface area contributed by atoms with E-state index in [2.05, 4.69) is 9.97 Å². The number of nitrogens with zero attached hydrogens (tertiary/aromatic N) is 3. The average Bonchev–Trinajstić information content (AvgIpc) is 3.08. The van der Waals surface area contributed by atoms with E-state index in [4.69, 9.17) is 16.3 Å². The summed E-state index contributed by atoms with van der Waals surface area (Å²) in [5.74, 6) is 0.518. The Morgan fingerprint density at radius 2 is 1.28 bits per heavy atom. The molecule has 156 valence electrons. The quantitative estimate of drug-likeness (QED) is 0.392. The number of para-hydroxylation sites is 1. The summed E-state index contributed by atoms with van der Waals surface area (Å²) in [5.41, 5.74) is 1.68. The molecule has 1 atom stereocenters. The number of amides is 2. The number of carbonyl (C=O) groups excluding carboxylic acids is 2. The Kier molecular flexibility index (Phi) is 5.13. The number of benzene rings is 3. The Hall–Kier alpha value is -4.03. The van der Waals surface area contributed by atoms with Gasteiger partial charge in [-0.25, -0.2) is 4.98 Å². The minimum atomic E-state index is -0.839. The number of fused-ring (bicyclic) bond motifs is 1. The van der Waals surface area contributed by atoms with Crippen LogP contribution in [0.2, 0.25) is 5.15 Å². The van der Waals surface area contributed by atoms with Crippen molar-refractivity contribution in [1.29, 1.82) is 0 Å². The zero-order valence-electron chi connectivity index (χ0n) is 16.7. The normalized spacial score (nSPS) is 13.7. The van der Waals surface area contributed by atoms with Gasteiger partial charge in [0.05, 0.1) is 11.1 Å². The van der Waals surface area contributed by atoms with Gasteiger partial charge in [-0.3, -0.25) is 19.5 Å². The van der Waals surface area contributed by atoms with E-state index in [-0.39, 0.29) is 5.15 Å². The third-order valence-corrected chi connectivity index (χ3v) is 5.49. The van der Waals surface area contributed by atoms with Crippen LogP contribution in [0.3, 0.4) is 0 Å². The summed E-state index contributed by atoms with van der Waals surface area (Å²) in [6.45, 7) is 0. The van der Waals surface area contributed by atoms with Crippen molar-refractivity contribution in [3.8, 4) is 11.5 Å². The van der Waals surface area contributed by atoms with Crippen LogP contribution in [0.25, 0.3) is 0 Å². The van der Waals surface area contributed by atoms with Gasteiger partial charge in [0.25, 0.3) is 11.8 Å². The van der Waals surface area contributed by atoms with Gasteiger partial charge < -0.3 is 4.74 Å². The van der Waals surface area contributed by atoms with Crippen LogP contribution in [-0.2, 0) is 0 Å². The third kappa shape index (κ3) is 3.50. The Balaban J connectivity index is 1.56. The number of carbonyl (C=O) groups is 2. The summed E-state index contributed by atoms with van der Waals surface area (Å²) in [4.78, 5) is 36.0. The lowest BCUT2D eigenvalue weighted by Crippen LogP contribution is -2.35. The van der Waals surface area contributed by atoms with Gasteiger partial charge in [0.15, 0.2) is 5.15 Å². The second-order valence-corrected chi connectivity index (χ2v) is 7.50. The Labute approximate surface area is 189 Å². The van der Waals surface area contributed by atoms with Gasteiger partial charge >= 0.3 is 0 Å². The van der Waals surface area contributed by atoms with E-state index in [9.17, 15) is 9.59 Å². The third-order valence-electron chi connectivity index (χ3n) is 5.20. The number of ether oxygens (including phenoxy) is 1. The molecular weight excluding hydrogens is 426 g/mol. The summed E-state index contributed by atoms with van der Waals surface area (Å²) >= 11 is 6.35. The van der Waals surface area contributed by atoms with Gasteiger partial charge in [-0.1, -0.05) is 54.1 Å². The first-order valence-corrected chi connectivity index (χ1v) is 10.3. The number of rotatable bonds is 5. The molecule has 0 aliphatic carbocycles.